The van der Waals surface area contributed by atoms with Gasteiger partial charge in [0.25, 0.3) is 0 Å². The van der Waals surface area contributed by atoms with E-state index in [2.05, 4.69) is 34.5 Å². The molecule has 1 heterocycles. The molecule has 98 valence electrons. The molecular formula is C15H22N2O. The quantitative estimate of drug-likeness (QED) is 0.867. The number of nitrogens with one attached hydrogen (secondary N) is 1. The molecule has 0 unspecified atom stereocenters. The number of methoxy groups -OCH3 is 1. The lowest BCUT2D eigenvalue weighted by atomic mass is 9.87. The highest BCUT2D eigenvalue weighted by atomic mass is 16.5. The first-order chi connectivity index (χ1) is 8.88. The Kier molecular flexibility index (Phi) is 3.41. The van der Waals surface area contributed by atoms with Crippen LogP contribution in [0.3, 0.4) is 0 Å². The molecule has 1 aliphatic carbocycles. The lowest BCUT2D eigenvalue weighted by Crippen LogP contribution is -2.59. The highest BCUT2D eigenvalue weighted by Gasteiger charge is 2.32. The molecule has 1 aromatic rings. The Labute approximate surface area is 109 Å². The Morgan fingerprint density at radius 1 is 1.17 bits per heavy atom. The molecule has 1 saturated carbocycles. The van der Waals surface area contributed by atoms with Gasteiger partial charge in [-0.25, -0.2) is 0 Å². The molecule has 1 aliphatic heterocycles. The van der Waals surface area contributed by atoms with E-state index in [-0.39, 0.29) is 0 Å². The first-order valence-corrected chi connectivity index (χ1v) is 7.02. The molecule has 3 rings (SSSR count). The number of rotatable bonds is 2. The molecule has 0 spiro atoms. The largest absolute Gasteiger partial charge is 0.497 e. The van der Waals surface area contributed by atoms with E-state index in [9.17, 15) is 0 Å². The van der Waals surface area contributed by atoms with Gasteiger partial charge < -0.3 is 15.0 Å². The van der Waals surface area contributed by atoms with Gasteiger partial charge in [0.05, 0.1) is 7.11 Å². The number of piperazine rings is 1. The van der Waals surface area contributed by atoms with Crippen LogP contribution in [0, 0.1) is 0 Å². The molecule has 3 heteroatoms. The third kappa shape index (κ3) is 2.19. The molecule has 0 aromatic heterocycles. The second kappa shape index (κ2) is 5.19. The molecule has 0 amide bonds. The van der Waals surface area contributed by atoms with Gasteiger partial charge in [0.2, 0.25) is 0 Å². The molecular weight excluding hydrogens is 224 g/mol. The molecule has 2 aliphatic rings. The zero-order valence-corrected chi connectivity index (χ0v) is 11.1. The fourth-order valence-electron chi connectivity index (χ4n) is 3.35. The maximum Gasteiger partial charge on any atom is 0.119 e. The van der Waals surface area contributed by atoms with Crippen molar-refractivity contribution in [2.24, 2.45) is 0 Å². The average molecular weight is 246 g/mol. The Hall–Kier alpha value is -1.22. The Balaban J connectivity index is 1.80. The van der Waals surface area contributed by atoms with Crippen molar-refractivity contribution in [1.29, 1.82) is 0 Å². The van der Waals surface area contributed by atoms with Crippen molar-refractivity contribution in [3.8, 4) is 5.75 Å². The standard InChI is InChI=1S/C15H22N2O/c1-18-13-8-6-12(7-9-13)17-11-10-16-14-4-2-3-5-15(14)17/h6-9,14-16H,2-5,10-11H2,1H3/t14-,15-/m0/s1. The summed E-state index contributed by atoms with van der Waals surface area (Å²) < 4.78 is 5.23. The Morgan fingerprint density at radius 3 is 2.72 bits per heavy atom. The number of fused-ring (bicyclic) bond motifs is 1. The Bertz CT molecular complexity index is 388. The van der Waals surface area contributed by atoms with Crippen LogP contribution >= 0.6 is 0 Å². The van der Waals surface area contributed by atoms with E-state index in [0.29, 0.717) is 12.1 Å². The van der Waals surface area contributed by atoms with Crippen LogP contribution in [0.5, 0.6) is 5.75 Å². The van der Waals surface area contributed by atoms with Crippen LogP contribution in [-0.2, 0) is 0 Å². The van der Waals surface area contributed by atoms with Gasteiger partial charge in [0.15, 0.2) is 0 Å². The van der Waals surface area contributed by atoms with E-state index in [4.69, 9.17) is 4.74 Å². The van der Waals surface area contributed by atoms with Gasteiger partial charge >= 0.3 is 0 Å². The minimum Gasteiger partial charge on any atom is -0.497 e. The predicted octanol–water partition coefficient (Wildman–Crippen LogP) is 2.42. The lowest BCUT2D eigenvalue weighted by Gasteiger charge is -2.46. The molecule has 0 radical (unpaired) electrons. The van der Waals surface area contributed by atoms with Gasteiger partial charge in [0.1, 0.15) is 5.75 Å². The summed E-state index contributed by atoms with van der Waals surface area (Å²) in [5, 5.41) is 3.68. The highest BCUT2D eigenvalue weighted by Crippen LogP contribution is 2.30. The zero-order chi connectivity index (χ0) is 12.4. The van der Waals surface area contributed by atoms with Crippen LogP contribution in [0.2, 0.25) is 0 Å². The lowest BCUT2D eigenvalue weighted by molar-refractivity contribution is 0.284. The Morgan fingerprint density at radius 2 is 1.94 bits per heavy atom. The summed E-state index contributed by atoms with van der Waals surface area (Å²) in [6.07, 6.45) is 5.40. The second-order valence-corrected chi connectivity index (χ2v) is 5.30. The molecule has 1 N–H and O–H groups in total. The van der Waals surface area contributed by atoms with Crippen LogP contribution in [0.1, 0.15) is 25.7 Å². The van der Waals surface area contributed by atoms with Gasteiger partial charge in [-0.1, -0.05) is 12.8 Å². The predicted molar refractivity (Wildman–Crippen MR) is 74.4 cm³/mol. The van der Waals surface area contributed by atoms with E-state index in [1.165, 1.54) is 31.4 Å². The number of ether oxygens (including phenoxy) is 1. The second-order valence-electron chi connectivity index (χ2n) is 5.30. The van der Waals surface area contributed by atoms with Crippen LogP contribution in [-0.4, -0.2) is 32.3 Å². The van der Waals surface area contributed by atoms with Crippen molar-refractivity contribution >= 4 is 5.69 Å². The molecule has 0 bridgehead atoms. The molecule has 2 atom stereocenters. The van der Waals surface area contributed by atoms with Crippen molar-refractivity contribution in [2.75, 3.05) is 25.1 Å². The summed E-state index contributed by atoms with van der Waals surface area (Å²) in [6, 6.07) is 9.88. The van der Waals surface area contributed by atoms with E-state index < -0.39 is 0 Å². The van der Waals surface area contributed by atoms with Crippen molar-refractivity contribution in [3.05, 3.63) is 24.3 Å². The summed E-state index contributed by atoms with van der Waals surface area (Å²) in [5.41, 5.74) is 1.34. The highest BCUT2D eigenvalue weighted by molar-refractivity contribution is 5.51. The topological polar surface area (TPSA) is 24.5 Å². The minimum atomic E-state index is 0.681. The molecule has 3 nitrogen and oxygen atoms in total. The van der Waals surface area contributed by atoms with Gasteiger partial charge in [-0.05, 0) is 37.1 Å². The number of hydrogen-bond acceptors (Lipinski definition) is 3. The summed E-state index contributed by atoms with van der Waals surface area (Å²) in [5.74, 6) is 0.939. The summed E-state index contributed by atoms with van der Waals surface area (Å²) >= 11 is 0. The molecule has 18 heavy (non-hydrogen) atoms. The molecule has 1 aromatic carbocycles. The zero-order valence-electron chi connectivity index (χ0n) is 11.1. The number of hydrogen-bond donors (Lipinski definition) is 1. The van der Waals surface area contributed by atoms with Gasteiger partial charge in [-0.2, -0.15) is 0 Å². The number of anilines is 1. The summed E-state index contributed by atoms with van der Waals surface area (Å²) in [4.78, 5) is 2.58. The summed E-state index contributed by atoms with van der Waals surface area (Å²) in [7, 11) is 1.72. The average Bonchev–Trinajstić information content (AvgIpc) is 2.47. The number of nitrogens with zero attached hydrogens (tertiary/aromatic N) is 1. The van der Waals surface area contributed by atoms with Crippen LogP contribution in [0.15, 0.2) is 24.3 Å². The van der Waals surface area contributed by atoms with Crippen LogP contribution < -0.4 is 15.0 Å². The molecule has 1 saturated heterocycles. The SMILES string of the molecule is COc1ccc(N2CCN[C@H]3CCCC[C@@H]32)cc1. The van der Waals surface area contributed by atoms with E-state index in [1.807, 2.05) is 0 Å². The molecule has 2 fully saturated rings. The smallest absolute Gasteiger partial charge is 0.119 e. The van der Waals surface area contributed by atoms with E-state index >= 15 is 0 Å². The minimum absolute atomic E-state index is 0.681. The monoisotopic (exact) mass is 246 g/mol. The van der Waals surface area contributed by atoms with Gasteiger partial charge in [0, 0.05) is 30.9 Å². The van der Waals surface area contributed by atoms with Crippen molar-refractivity contribution in [3.63, 3.8) is 0 Å². The first kappa shape index (κ1) is 11.8. The fraction of sp³-hybridized carbons (Fsp3) is 0.600. The van der Waals surface area contributed by atoms with E-state index in [0.717, 1.165) is 18.8 Å². The maximum absolute atomic E-state index is 5.23. The van der Waals surface area contributed by atoms with Gasteiger partial charge in [-0.15, -0.1) is 0 Å². The maximum atomic E-state index is 5.23. The third-order valence-corrected chi connectivity index (χ3v) is 4.29. The normalized spacial score (nSPS) is 27.7. The van der Waals surface area contributed by atoms with E-state index in [1.54, 1.807) is 7.11 Å². The van der Waals surface area contributed by atoms with Crippen molar-refractivity contribution in [1.82, 2.24) is 5.32 Å². The number of benzene rings is 1. The van der Waals surface area contributed by atoms with Crippen molar-refractivity contribution < 1.29 is 4.74 Å². The fourth-order valence-corrected chi connectivity index (χ4v) is 3.35. The van der Waals surface area contributed by atoms with Gasteiger partial charge in [-0.3, -0.25) is 0 Å². The third-order valence-electron chi connectivity index (χ3n) is 4.29. The summed E-state index contributed by atoms with van der Waals surface area (Å²) in [6.45, 7) is 2.22. The van der Waals surface area contributed by atoms with Crippen LogP contribution in [0.4, 0.5) is 5.69 Å². The van der Waals surface area contributed by atoms with Crippen molar-refractivity contribution in [2.45, 2.75) is 37.8 Å². The van der Waals surface area contributed by atoms with Crippen LogP contribution in [0.25, 0.3) is 0 Å². The first-order valence-electron chi connectivity index (χ1n) is 7.02.